The molecule has 2 aromatic heterocycles. The highest BCUT2D eigenvalue weighted by Crippen LogP contribution is 2.33. The molecule has 1 fully saturated rings. The Balaban J connectivity index is 1.77. The van der Waals surface area contributed by atoms with Crippen molar-refractivity contribution >= 4 is 39.4 Å². The second-order valence-electron chi connectivity index (χ2n) is 4.56. The number of hydrogen-bond acceptors (Lipinski definition) is 4. The minimum Gasteiger partial charge on any atom is -0.337 e. The fraction of sp³-hybridized carbons (Fsp3) is 0.417. The maximum atomic E-state index is 5.96. The van der Waals surface area contributed by atoms with Crippen LogP contribution < -0.4 is 9.80 Å². The third-order valence-electron chi connectivity index (χ3n) is 3.21. The number of anilines is 1. The van der Waals surface area contributed by atoms with Gasteiger partial charge in [0.1, 0.15) is 0 Å². The average molecular weight is 301 g/mol. The maximum Gasteiger partial charge on any atom is 0.186 e. The zero-order valence-corrected chi connectivity index (χ0v) is 12.5. The topological polar surface area (TPSA) is 20.6 Å². The molecule has 0 unspecified atom stereocenters. The van der Waals surface area contributed by atoms with Crippen LogP contribution in [-0.2, 0) is 0 Å². The number of quaternary nitrogens is 1. The van der Waals surface area contributed by atoms with E-state index in [1.807, 2.05) is 12.1 Å². The fourth-order valence-electron chi connectivity index (χ4n) is 2.05. The van der Waals surface area contributed by atoms with Crippen molar-refractivity contribution < 1.29 is 4.90 Å². The van der Waals surface area contributed by atoms with Crippen LogP contribution in [0.1, 0.15) is 0 Å². The van der Waals surface area contributed by atoms with Crippen LogP contribution in [0.25, 0.3) is 10.6 Å². The van der Waals surface area contributed by atoms with E-state index in [0.29, 0.717) is 0 Å². The van der Waals surface area contributed by atoms with E-state index in [2.05, 4.69) is 17.3 Å². The number of aromatic nitrogens is 1. The molecule has 3 rings (SSSR count). The van der Waals surface area contributed by atoms with Gasteiger partial charge >= 0.3 is 0 Å². The molecule has 0 saturated carbocycles. The van der Waals surface area contributed by atoms with Crippen molar-refractivity contribution in [1.82, 2.24) is 4.98 Å². The van der Waals surface area contributed by atoms with E-state index in [1.54, 1.807) is 27.6 Å². The molecule has 6 heteroatoms. The van der Waals surface area contributed by atoms with Gasteiger partial charge in [-0.1, -0.05) is 11.6 Å². The molecule has 1 saturated heterocycles. The van der Waals surface area contributed by atoms with Gasteiger partial charge in [-0.25, -0.2) is 4.98 Å². The molecule has 96 valence electrons. The number of nitrogens with one attached hydrogen (secondary N) is 1. The van der Waals surface area contributed by atoms with Crippen LogP contribution in [0.2, 0.25) is 4.34 Å². The number of thiophene rings is 1. The van der Waals surface area contributed by atoms with Crippen molar-refractivity contribution in [3.8, 4) is 10.6 Å². The van der Waals surface area contributed by atoms with Gasteiger partial charge in [-0.15, -0.1) is 22.7 Å². The number of likely N-dealkylation sites (N-methyl/N-ethyl adjacent to an activating group) is 1. The summed E-state index contributed by atoms with van der Waals surface area (Å²) in [5.41, 5.74) is 1.05. The number of nitrogens with zero attached hydrogens (tertiary/aromatic N) is 2. The Morgan fingerprint density at radius 2 is 2.11 bits per heavy atom. The summed E-state index contributed by atoms with van der Waals surface area (Å²) in [6.45, 7) is 4.59. The first-order chi connectivity index (χ1) is 8.72. The second-order valence-corrected chi connectivity index (χ2v) is 7.11. The summed E-state index contributed by atoms with van der Waals surface area (Å²) in [5.74, 6) is 0. The predicted molar refractivity (Wildman–Crippen MR) is 79.3 cm³/mol. The molecule has 2 aromatic rings. The van der Waals surface area contributed by atoms with Crippen molar-refractivity contribution in [2.45, 2.75) is 0 Å². The van der Waals surface area contributed by atoms with Gasteiger partial charge < -0.3 is 9.80 Å². The summed E-state index contributed by atoms with van der Waals surface area (Å²) in [7, 11) is 2.25. The van der Waals surface area contributed by atoms with Crippen molar-refractivity contribution in [2.24, 2.45) is 0 Å². The van der Waals surface area contributed by atoms with Crippen LogP contribution in [0.15, 0.2) is 17.5 Å². The lowest BCUT2D eigenvalue weighted by Crippen LogP contribution is -3.12. The monoisotopic (exact) mass is 300 g/mol. The first-order valence-electron chi connectivity index (χ1n) is 6.00. The van der Waals surface area contributed by atoms with Gasteiger partial charge in [-0.05, 0) is 12.1 Å². The molecule has 0 bridgehead atoms. The SMILES string of the molecule is C[NH+]1CCN(c2nc(-c3ccc(Cl)s3)cs2)CC1. The molecule has 1 N–H and O–H groups in total. The Hall–Kier alpha value is -0.620. The summed E-state index contributed by atoms with van der Waals surface area (Å²) in [6, 6.07) is 3.97. The summed E-state index contributed by atoms with van der Waals surface area (Å²) < 4.78 is 0.822. The standard InChI is InChI=1S/C12H14ClN3S2/c1-15-4-6-16(7-5-15)12-14-9(8-17-12)10-2-3-11(13)18-10/h2-3,8H,4-7H2,1H3/p+1. The lowest BCUT2D eigenvalue weighted by Gasteiger charge is -2.29. The molecule has 3 heterocycles. The van der Waals surface area contributed by atoms with E-state index in [9.17, 15) is 0 Å². The first kappa shape index (κ1) is 12.4. The smallest absolute Gasteiger partial charge is 0.186 e. The normalized spacial score (nSPS) is 17.3. The minimum atomic E-state index is 0.822. The molecule has 0 aliphatic carbocycles. The Labute approximate surface area is 120 Å². The van der Waals surface area contributed by atoms with Crippen molar-refractivity contribution in [3.05, 3.63) is 21.8 Å². The van der Waals surface area contributed by atoms with Gasteiger partial charge in [-0.3, -0.25) is 0 Å². The van der Waals surface area contributed by atoms with E-state index in [0.717, 1.165) is 33.1 Å². The van der Waals surface area contributed by atoms with E-state index in [-0.39, 0.29) is 0 Å². The Morgan fingerprint density at radius 1 is 1.33 bits per heavy atom. The number of piperazine rings is 1. The second kappa shape index (κ2) is 5.17. The van der Waals surface area contributed by atoms with E-state index < -0.39 is 0 Å². The van der Waals surface area contributed by atoms with Crippen LogP contribution in [0.5, 0.6) is 0 Å². The predicted octanol–water partition coefficient (Wildman–Crippen LogP) is 1.86. The highest BCUT2D eigenvalue weighted by atomic mass is 35.5. The zero-order chi connectivity index (χ0) is 12.5. The zero-order valence-electron chi connectivity index (χ0n) is 10.1. The van der Waals surface area contributed by atoms with Gasteiger partial charge in [-0.2, -0.15) is 0 Å². The van der Waals surface area contributed by atoms with Crippen LogP contribution in [0, 0.1) is 0 Å². The van der Waals surface area contributed by atoms with Crippen LogP contribution in [0.3, 0.4) is 0 Å². The molecular formula is C12H15ClN3S2+. The minimum absolute atomic E-state index is 0.822. The van der Waals surface area contributed by atoms with E-state index >= 15 is 0 Å². The summed E-state index contributed by atoms with van der Waals surface area (Å²) in [4.78, 5) is 9.87. The summed E-state index contributed by atoms with van der Waals surface area (Å²) in [6.07, 6.45) is 0. The van der Waals surface area contributed by atoms with Crippen LogP contribution in [-0.4, -0.2) is 38.2 Å². The summed E-state index contributed by atoms with van der Waals surface area (Å²) >= 11 is 9.28. The fourth-order valence-corrected chi connectivity index (χ4v) is 4.01. The van der Waals surface area contributed by atoms with Gasteiger partial charge in [0.25, 0.3) is 0 Å². The quantitative estimate of drug-likeness (QED) is 0.914. The number of rotatable bonds is 2. The van der Waals surface area contributed by atoms with Crippen molar-refractivity contribution in [2.75, 3.05) is 38.1 Å². The van der Waals surface area contributed by atoms with E-state index in [4.69, 9.17) is 16.6 Å². The Morgan fingerprint density at radius 3 is 2.78 bits per heavy atom. The lowest BCUT2D eigenvalue weighted by molar-refractivity contribution is -0.880. The largest absolute Gasteiger partial charge is 0.337 e. The number of thiazole rings is 1. The number of halogens is 1. The molecule has 1 aliphatic rings. The van der Waals surface area contributed by atoms with Crippen LogP contribution in [0.4, 0.5) is 5.13 Å². The van der Waals surface area contributed by atoms with Gasteiger partial charge in [0.05, 0.1) is 48.1 Å². The molecule has 0 aromatic carbocycles. The third kappa shape index (κ3) is 2.54. The molecule has 3 nitrogen and oxygen atoms in total. The van der Waals surface area contributed by atoms with Gasteiger partial charge in [0.15, 0.2) is 5.13 Å². The number of hydrogen-bond donors (Lipinski definition) is 1. The van der Waals surface area contributed by atoms with Crippen molar-refractivity contribution in [1.29, 1.82) is 0 Å². The highest BCUT2D eigenvalue weighted by Gasteiger charge is 2.19. The van der Waals surface area contributed by atoms with Crippen molar-refractivity contribution in [3.63, 3.8) is 0 Å². The Kier molecular flexibility index (Phi) is 3.56. The molecule has 0 radical (unpaired) electrons. The molecule has 0 amide bonds. The molecule has 18 heavy (non-hydrogen) atoms. The molecule has 1 aliphatic heterocycles. The van der Waals surface area contributed by atoms with E-state index in [1.165, 1.54) is 13.1 Å². The first-order valence-corrected chi connectivity index (χ1v) is 8.07. The highest BCUT2D eigenvalue weighted by molar-refractivity contribution is 7.20. The third-order valence-corrected chi connectivity index (χ3v) is 5.36. The molecule has 0 atom stereocenters. The van der Waals surface area contributed by atoms with Gasteiger partial charge in [0, 0.05) is 5.38 Å². The molecular weight excluding hydrogens is 286 g/mol. The average Bonchev–Trinajstić information content (AvgIpc) is 2.98. The summed E-state index contributed by atoms with van der Waals surface area (Å²) in [5, 5.41) is 3.27. The lowest BCUT2D eigenvalue weighted by atomic mass is 10.3. The Bertz CT molecular complexity index is 529. The molecule has 0 spiro atoms. The van der Waals surface area contributed by atoms with Crippen LogP contribution >= 0.6 is 34.3 Å². The van der Waals surface area contributed by atoms with Gasteiger partial charge in [0.2, 0.25) is 0 Å². The maximum absolute atomic E-state index is 5.96.